The van der Waals surface area contributed by atoms with E-state index in [1.165, 1.54) is 25.7 Å². The number of halogens is 1. The first kappa shape index (κ1) is 16.3. The maximum absolute atomic E-state index is 13.1. The number of hydrogen-bond acceptors (Lipinski definition) is 2. The highest BCUT2D eigenvalue weighted by Gasteiger charge is 2.35. The molecule has 1 N–H and O–H groups in total. The molecule has 118 valence electrons. The molecule has 1 aromatic carbocycles. The number of anilines is 1. The summed E-state index contributed by atoms with van der Waals surface area (Å²) in [4.78, 5) is 2.27. The zero-order valence-corrected chi connectivity index (χ0v) is 13.9. The van der Waals surface area contributed by atoms with Gasteiger partial charge in [-0.1, -0.05) is 12.8 Å². The smallest absolute Gasteiger partial charge is 0.123 e. The third kappa shape index (κ3) is 4.70. The summed E-state index contributed by atoms with van der Waals surface area (Å²) in [7, 11) is 2.12. The number of rotatable bonds is 5. The van der Waals surface area contributed by atoms with Crippen molar-refractivity contribution in [3.63, 3.8) is 0 Å². The van der Waals surface area contributed by atoms with Gasteiger partial charge in [0.15, 0.2) is 0 Å². The van der Waals surface area contributed by atoms with Gasteiger partial charge < -0.3 is 10.2 Å². The van der Waals surface area contributed by atoms with Gasteiger partial charge in [0, 0.05) is 36.8 Å². The molecule has 3 heteroatoms. The molecule has 21 heavy (non-hydrogen) atoms. The second kappa shape index (κ2) is 6.35. The third-order valence-corrected chi connectivity index (χ3v) is 4.50. The molecule has 0 spiro atoms. The van der Waals surface area contributed by atoms with E-state index in [-0.39, 0.29) is 11.4 Å². The fraction of sp³-hybridized carbons (Fsp3) is 0.667. The summed E-state index contributed by atoms with van der Waals surface area (Å²) < 4.78 is 13.1. The average molecular weight is 292 g/mol. The topological polar surface area (TPSA) is 15.3 Å². The van der Waals surface area contributed by atoms with Crippen LogP contribution in [0.4, 0.5) is 10.1 Å². The Balaban J connectivity index is 2.03. The van der Waals surface area contributed by atoms with Crippen LogP contribution in [-0.4, -0.2) is 25.7 Å². The number of nitrogens with one attached hydrogen (secondary N) is 1. The molecular weight excluding hydrogens is 263 g/mol. The Morgan fingerprint density at radius 3 is 2.24 bits per heavy atom. The lowest BCUT2D eigenvalue weighted by Gasteiger charge is -2.37. The van der Waals surface area contributed by atoms with E-state index in [1.54, 1.807) is 12.1 Å². The zero-order valence-electron chi connectivity index (χ0n) is 13.9. The molecule has 1 aromatic rings. The first-order chi connectivity index (χ1) is 9.80. The molecule has 0 saturated heterocycles. The van der Waals surface area contributed by atoms with Gasteiger partial charge in [-0.05, 0) is 57.9 Å². The van der Waals surface area contributed by atoms with Crippen molar-refractivity contribution in [2.75, 3.05) is 25.0 Å². The van der Waals surface area contributed by atoms with Crippen molar-refractivity contribution in [3.8, 4) is 0 Å². The van der Waals surface area contributed by atoms with Gasteiger partial charge in [0.2, 0.25) is 0 Å². The van der Waals surface area contributed by atoms with Gasteiger partial charge in [-0.2, -0.15) is 0 Å². The minimum Gasteiger partial charge on any atom is -0.374 e. The Kier molecular flexibility index (Phi) is 4.92. The Morgan fingerprint density at radius 1 is 1.14 bits per heavy atom. The SMILES string of the molecule is CN(CC1(CNC(C)(C)C)CCCC1)c1ccc(F)cc1. The van der Waals surface area contributed by atoms with Gasteiger partial charge >= 0.3 is 0 Å². The molecule has 0 heterocycles. The lowest BCUT2D eigenvalue weighted by molar-refractivity contribution is 0.252. The van der Waals surface area contributed by atoms with E-state index in [4.69, 9.17) is 0 Å². The Labute approximate surface area is 128 Å². The van der Waals surface area contributed by atoms with Gasteiger partial charge in [-0.3, -0.25) is 0 Å². The van der Waals surface area contributed by atoms with Gasteiger partial charge in [0.25, 0.3) is 0 Å². The van der Waals surface area contributed by atoms with Crippen LogP contribution >= 0.6 is 0 Å². The third-order valence-electron chi connectivity index (χ3n) is 4.50. The summed E-state index contributed by atoms with van der Waals surface area (Å²) in [5.41, 5.74) is 1.60. The summed E-state index contributed by atoms with van der Waals surface area (Å²) in [5, 5.41) is 3.68. The van der Waals surface area contributed by atoms with Gasteiger partial charge in [0.1, 0.15) is 5.82 Å². The number of benzene rings is 1. The van der Waals surface area contributed by atoms with Crippen LogP contribution in [0.1, 0.15) is 46.5 Å². The molecule has 1 aliphatic carbocycles. The molecule has 0 unspecified atom stereocenters. The van der Waals surface area contributed by atoms with E-state index in [0.717, 1.165) is 18.8 Å². The van der Waals surface area contributed by atoms with Crippen molar-refractivity contribution >= 4 is 5.69 Å². The highest BCUT2D eigenvalue weighted by Crippen LogP contribution is 2.39. The second-order valence-corrected chi connectivity index (χ2v) is 7.64. The van der Waals surface area contributed by atoms with Crippen LogP contribution in [0, 0.1) is 11.2 Å². The molecule has 0 radical (unpaired) electrons. The lowest BCUT2D eigenvalue weighted by atomic mass is 9.84. The molecule has 0 atom stereocenters. The monoisotopic (exact) mass is 292 g/mol. The van der Waals surface area contributed by atoms with Crippen molar-refractivity contribution < 1.29 is 4.39 Å². The average Bonchev–Trinajstić information content (AvgIpc) is 2.85. The molecule has 1 saturated carbocycles. The predicted molar refractivity (Wildman–Crippen MR) is 88.3 cm³/mol. The molecule has 2 rings (SSSR count). The van der Waals surface area contributed by atoms with E-state index >= 15 is 0 Å². The predicted octanol–water partition coefficient (Wildman–Crippen LogP) is 4.21. The van der Waals surface area contributed by atoms with Crippen molar-refractivity contribution in [2.45, 2.75) is 52.0 Å². The lowest BCUT2D eigenvalue weighted by Crippen LogP contribution is -2.47. The maximum atomic E-state index is 13.1. The van der Waals surface area contributed by atoms with E-state index in [9.17, 15) is 4.39 Å². The highest BCUT2D eigenvalue weighted by atomic mass is 19.1. The quantitative estimate of drug-likeness (QED) is 0.874. The van der Waals surface area contributed by atoms with E-state index in [1.807, 2.05) is 12.1 Å². The molecule has 2 nitrogen and oxygen atoms in total. The van der Waals surface area contributed by atoms with Gasteiger partial charge in [-0.15, -0.1) is 0 Å². The van der Waals surface area contributed by atoms with E-state index in [0.29, 0.717) is 5.41 Å². The highest BCUT2D eigenvalue weighted by molar-refractivity contribution is 5.45. The van der Waals surface area contributed by atoms with Crippen LogP contribution in [-0.2, 0) is 0 Å². The molecule has 1 fully saturated rings. The van der Waals surface area contributed by atoms with E-state index in [2.05, 4.69) is 38.0 Å². The fourth-order valence-corrected chi connectivity index (χ4v) is 3.26. The Hall–Kier alpha value is -1.09. The summed E-state index contributed by atoms with van der Waals surface area (Å²) in [6.45, 7) is 8.75. The standard InChI is InChI=1S/C18H29FN2/c1-17(2,3)20-13-18(11-5-6-12-18)14-21(4)16-9-7-15(19)8-10-16/h7-10,20H,5-6,11-14H2,1-4H3. The number of nitrogens with zero attached hydrogens (tertiary/aromatic N) is 1. The maximum Gasteiger partial charge on any atom is 0.123 e. The van der Waals surface area contributed by atoms with Crippen LogP contribution in [0.15, 0.2) is 24.3 Å². The molecule has 0 bridgehead atoms. The van der Waals surface area contributed by atoms with Crippen LogP contribution in [0.2, 0.25) is 0 Å². The van der Waals surface area contributed by atoms with Crippen LogP contribution < -0.4 is 10.2 Å². The Bertz CT molecular complexity index is 441. The molecule has 1 aliphatic rings. The van der Waals surface area contributed by atoms with Crippen molar-refractivity contribution in [1.29, 1.82) is 0 Å². The van der Waals surface area contributed by atoms with E-state index < -0.39 is 0 Å². The molecule has 0 aliphatic heterocycles. The second-order valence-electron chi connectivity index (χ2n) is 7.64. The first-order valence-electron chi connectivity index (χ1n) is 8.02. The summed E-state index contributed by atoms with van der Waals surface area (Å²) >= 11 is 0. The van der Waals surface area contributed by atoms with Crippen LogP contribution in [0.25, 0.3) is 0 Å². The summed E-state index contributed by atoms with van der Waals surface area (Å²) in [6, 6.07) is 6.82. The van der Waals surface area contributed by atoms with Crippen molar-refractivity contribution in [3.05, 3.63) is 30.1 Å². The largest absolute Gasteiger partial charge is 0.374 e. The molecular formula is C18H29FN2. The minimum absolute atomic E-state index is 0.157. The molecule has 0 amide bonds. The van der Waals surface area contributed by atoms with Gasteiger partial charge in [-0.25, -0.2) is 4.39 Å². The normalized spacial score (nSPS) is 18.0. The minimum atomic E-state index is -0.169. The summed E-state index contributed by atoms with van der Waals surface area (Å²) in [5.74, 6) is -0.169. The van der Waals surface area contributed by atoms with Crippen molar-refractivity contribution in [1.82, 2.24) is 5.32 Å². The van der Waals surface area contributed by atoms with Crippen LogP contribution in [0.5, 0.6) is 0 Å². The first-order valence-corrected chi connectivity index (χ1v) is 8.02. The Morgan fingerprint density at radius 2 is 1.71 bits per heavy atom. The number of hydrogen-bond donors (Lipinski definition) is 1. The van der Waals surface area contributed by atoms with Crippen LogP contribution in [0.3, 0.4) is 0 Å². The fourth-order valence-electron chi connectivity index (χ4n) is 3.26. The summed E-state index contributed by atoms with van der Waals surface area (Å²) in [6.07, 6.45) is 5.20. The molecule has 0 aromatic heterocycles. The van der Waals surface area contributed by atoms with Gasteiger partial charge in [0.05, 0.1) is 0 Å². The zero-order chi connectivity index (χ0) is 15.5. The van der Waals surface area contributed by atoms with Crippen molar-refractivity contribution in [2.24, 2.45) is 5.41 Å².